The van der Waals surface area contributed by atoms with Crippen molar-refractivity contribution in [3.8, 4) is 5.75 Å². The summed E-state index contributed by atoms with van der Waals surface area (Å²) in [5.74, 6) is -1.25. The van der Waals surface area contributed by atoms with E-state index in [0.29, 0.717) is 0 Å². The molecule has 0 aliphatic heterocycles. The van der Waals surface area contributed by atoms with Crippen molar-refractivity contribution in [3.05, 3.63) is 65.2 Å². The van der Waals surface area contributed by atoms with Gasteiger partial charge in [-0.15, -0.1) is 0 Å². The molecule has 0 heterocycles. The van der Waals surface area contributed by atoms with Crippen LogP contribution >= 0.6 is 0 Å². The number of aryl methyl sites for hydroxylation is 1. The first-order valence-corrected chi connectivity index (χ1v) is 6.42. The highest BCUT2D eigenvalue weighted by atomic mass is 19.1. The molecule has 0 spiro atoms. The lowest BCUT2D eigenvalue weighted by atomic mass is 10.0. The Morgan fingerprint density at radius 2 is 1.90 bits per heavy atom. The Kier molecular flexibility index (Phi) is 4.69. The van der Waals surface area contributed by atoms with Crippen LogP contribution in [0.25, 0.3) is 0 Å². The number of ether oxygens (including phenoxy) is 1. The van der Waals surface area contributed by atoms with Gasteiger partial charge in [-0.05, 0) is 37.2 Å². The van der Waals surface area contributed by atoms with Crippen LogP contribution in [0.5, 0.6) is 5.75 Å². The first kappa shape index (κ1) is 14.5. The number of halogens is 2. The fourth-order valence-electron chi connectivity index (χ4n) is 2.07. The van der Waals surface area contributed by atoms with Gasteiger partial charge in [0.05, 0.1) is 6.04 Å². The summed E-state index contributed by atoms with van der Waals surface area (Å²) in [5, 5.41) is 3.14. The molecule has 0 radical (unpaired) electrons. The van der Waals surface area contributed by atoms with Gasteiger partial charge < -0.3 is 10.1 Å². The molecule has 20 heavy (non-hydrogen) atoms. The molecule has 0 bridgehead atoms. The van der Waals surface area contributed by atoms with Gasteiger partial charge >= 0.3 is 0 Å². The van der Waals surface area contributed by atoms with E-state index in [-0.39, 0.29) is 18.4 Å². The van der Waals surface area contributed by atoms with Gasteiger partial charge in [-0.3, -0.25) is 0 Å². The van der Waals surface area contributed by atoms with Crippen molar-refractivity contribution in [1.82, 2.24) is 5.32 Å². The lowest BCUT2D eigenvalue weighted by molar-refractivity contribution is 0.260. The van der Waals surface area contributed by atoms with Crippen molar-refractivity contribution >= 4 is 0 Å². The molecular formula is C16H17F2NO. The van der Waals surface area contributed by atoms with Gasteiger partial charge in [-0.2, -0.15) is 0 Å². The zero-order valence-corrected chi connectivity index (χ0v) is 11.5. The maximum absolute atomic E-state index is 13.5. The fourth-order valence-corrected chi connectivity index (χ4v) is 2.07. The first-order chi connectivity index (χ1) is 9.61. The summed E-state index contributed by atoms with van der Waals surface area (Å²) < 4.78 is 31.8. The van der Waals surface area contributed by atoms with E-state index in [0.717, 1.165) is 17.2 Å². The fraction of sp³-hybridized carbons (Fsp3) is 0.250. The highest BCUT2D eigenvalue weighted by Gasteiger charge is 2.13. The van der Waals surface area contributed by atoms with E-state index in [2.05, 4.69) is 5.32 Å². The molecule has 2 nitrogen and oxygen atoms in total. The molecule has 2 aromatic rings. The van der Waals surface area contributed by atoms with Gasteiger partial charge in [0.25, 0.3) is 0 Å². The summed E-state index contributed by atoms with van der Waals surface area (Å²) in [5.41, 5.74) is 2.23. The molecular weight excluding hydrogens is 260 g/mol. The molecule has 1 atom stereocenters. The van der Waals surface area contributed by atoms with Crippen molar-refractivity contribution in [2.75, 3.05) is 13.7 Å². The number of likely N-dealkylation sites (N-methyl/N-ethyl adjacent to an activating group) is 1. The topological polar surface area (TPSA) is 21.3 Å². The van der Waals surface area contributed by atoms with E-state index in [1.165, 1.54) is 12.1 Å². The van der Waals surface area contributed by atoms with Gasteiger partial charge in [0.15, 0.2) is 11.6 Å². The third kappa shape index (κ3) is 3.33. The minimum absolute atomic E-state index is 0.0550. The van der Waals surface area contributed by atoms with E-state index in [9.17, 15) is 8.78 Å². The third-order valence-corrected chi connectivity index (χ3v) is 3.21. The summed E-state index contributed by atoms with van der Waals surface area (Å²) in [4.78, 5) is 0. The number of benzene rings is 2. The van der Waals surface area contributed by atoms with Crippen molar-refractivity contribution in [1.29, 1.82) is 0 Å². The van der Waals surface area contributed by atoms with E-state index in [1.54, 1.807) is 0 Å². The molecule has 1 unspecified atom stereocenters. The lowest BCUT2D eigenvalue weighted by Crippen LogP contribution is -2.24. The summed E-state index contributed by atoms with van der Waals surface area (Å²) in [6.45, 7) is 2.28. The second-order valence-corrected chi connectivity index (χ2v) is 4.58. The second kappa shape index (κ2) is 6.48. The molecule has 0 aliphatic carbocycles. The van der Waals surface area contributed by atoms with E-state index >= 15 is 0 Å². The van der Waals surface area contributed by atoms with E-state index < -0.39 is 11.6 Å². The molecule has 0 saturated carbocycles. The van der Waals surface area contributed by atoms with Crippen LogP contribution in [0.15, 0.2) is 42.5 Å². The minimum atomic E-state index is -0.690. The zero-order valence-electron chi connectivity index (χ0n) is 11.5. The number of rotatable bonds is 5. The van der Waals surface area contributed by atoms with Gasteiger partial charge in [0, 0.05) is 6.07 Å². The quantitative estimate of drug-likeness (QED) is 0.901. The standard InChI is InChI=1S/C16H17F2NO/c1-11-5-3-4-6-13(11)15(19-2)10-20-16-8-7-12(17)9-14(16)18/h3-9,15,19H,10H2,1-2H3. The molecule has 0 fully saturated rings. The molecule has 106 valence electrons. The highest BCUT2D eigenvalue weighted by molar-refractivity contribution is 5.29. The molecule has 4 heteroatoms. The van der Waals surface area contributed by atoms with Crippen LogP contribution in [0, 0.1) is 18.6 Å². The summed E-state index contributed by atoms with van der Waals surface area (Å²) in [7, 11) is 1.82. The molecule has 0 aliphatic rings. The van der Waals surface area contributed by atoms with Crippen molar-refractivity contribution in [3.63, 3.8) is 0 Å². The summed E-state index contributed by atoms with van der Waals surface area (Å²) in [6.07, 6.45) is 0. The highest BCUT2D eigenvalue weighted by Crippen LogP contribution is 2.21. The number of hydrogen-bond donors (Lipinski definition) is 1. The minimum Gasteiger partial charge on any atom is -0.489 e. The van der Waals surface area contributed by atoms with Crippen molar-refractivity contribution in [2.45, 2.75) is 13.0 Å². The second-order valence-electron chi connectivity index (χ2n) is 4.58. The van der Waals surface area contributed by atoms with Crippen LogP contribution in [0.4, 0.5) is 8.78 Å². The smallest absolute Gasteiger partial charge is 0.167 e. The number of hydrogen-bond acceptors (Lipinski definition) is 2. The molecule has 2 rings (SSSR count). The maximum atomic E-state index is 13.5. The van der Waals surface area contributed by atoms with Crippen LogP contribution in [0.2, 0.25) is 0 Å². The third-order valence-electron chi connectivity index (χ3n) is 3.21. The van der Waals surface area contributed by atoms with Crippen LogP contribution in [0.3, 0.4) is 0 Å². The number of nitrogens with one attached hydrogen (secondary N) is 1. The van der Waals surface area contributed by atoms with Gasteiger partial charge in [0.2, 0.25) is 0 Å². The molecule has 2 aromatic carbocycles. The Hall–Kier alpha value is -1.94. The van der Waals surface area contributed by atoms with Gasteiger partial charge in [0.1, 0.15) is 12.4 Å². The van der Waals surface area contributed by atoms with Crippen molar-refractivity contribution < 1.29 is 13.5 Å². The zero-order chi connectivity index (χ0) is 14.5. The van der Waals surface area contributed by atoms with Crippen LogP contribution in [0.1, 0.15) is 17.2 Å². The largest absolute Gasteiger partial charge is 0.489 e. The summed E-state index contributed by atoms with van der Waals surface area (Å²) >= 11 is 0. The predicted octanol–water partition coefficient (Wildman–Crippen LogP) is 3.61. The van der Waals surface area contributed by atoms with E-state index in [4.69, 9.17) is 4.74 Å². The average Bonchev–Trinajstić information content (AvgIpc) is 2.43. The normalized spacial score (nSPS) is 12.2. The Labute approximate surface area is 117 Å². The Morgan fingerprint density at radius 1 is 1.15 bits per heavy atom. The van der Waals surface area contributed by atoms with Crippen LogP contribution < -0.4 is 10.1 Å². The lowest BCUT2D eigenvalue weighted by Gasteiger charge is -2.19. The molecule has 0 aromatic heterocycles. The Bertz CT molecular complexity index is 586. The predicted molar refractivity (Wildman–Crippen MR) is 74.8 cm³/mol. The monoisotopic (exact) mass is 277 g/mol. The molecule has 1 N–H and O–H groups in total. The molecule has 0 amide bonds. The maximum Gasteiger partial charge on any atom is 0.167 e. The summed E-state index contributed by atoms with van der Waals surface area (Å²) in [6, 6.07) is 11.2. The van der Waals surface area contributed by atoms with E-state index in [1.807, 2.05) is 38.2 Å². The van der Waals surface area contributed by atoms with Crippen LogP contribution in [-0.4, -0.2) is 13.7 Å². The Balaban J connectivity index is 2.10. The van der Waals surface area contributed by atoms with Crippen molar-refractivity contribution in [2.24, 2.45) is 0 Å². The average molecular weight is 277 g/mol. The SMILES string of the molecule is CNC(COc1ccc(F)cc1F)c1ccccc1C. The first-order valence-electron chi connectivity index (χ1n) is 6.42. The molecule has 0 saturated heterocycles. The Morgan fingerprint density at radius 3 is 2.55 bits per heavy atom. The van der Waals surface area contributed by atoms with Crippen LogP contribution in [-0.2, 0) is 0 Å². The van der Waals surface area contributed by atoms with Gasteiger partial charge in [-0.1, -0.05) is 24.3 Å². The van der Waals surface area contributed by atoms with Gasteiger partial charge in [-0.25, -0.2) is 8.78 Å².